The van der Waals surface area contributed by atoms with E-state index in [4.69, 9.17) is 16.3 Å². The fourth-order valence-electron chi connectivity index (χ4n) is 5.18. The van der Waals surface area contributed by atoms with Crippen molar-refractivity contribution in [2.45, 2.75) is 22.7 Å². The lowest BCUT2D eigenvalue weighted by molar-refractivity contribution is -0.122. The van der Waals surface area contributed by atoms with E-state index in [0.717, 1.165) is 21.4 Å². The minimum Gasteiger partial charge on any atom is -0.497 e. The van der Waals surface area contributed by atoms with Crippen molar-refractivity contribution in [2.24, 2.45) is 5.92 Å². The Morgan fingerprint density at radius 1 is 1.02 bits per heavy atom. The number of thioether (sulfide) groups is 1. The van der Waals surface area contributed by atoms with Crippen LogP contribution in [-0.2, 0) is 20.9 Å². The van der Waals surface area contributed by atoms with Gasteiger partial charge in [-0.3, -0.25) is 23.7 Å². The Labute approximate surface area is 256 Å². The van der Waals surface area contributed by atoms with Gasteiger partial charge in [0.2, 0.25) is 17.7 Å². The molecule has 1 aromatic heterocycles. The molecule has 208 valence electrons. The van der Waals surface area contributed by atoms with Crippen molar-refractivity contribution in [3.63, 3.8) is 0 Å². The van der Waals surface area contributed by atoms with E-state index in [9.17, 15) is 19.2 Å². The van der Waals surface area contributed by atoms with Gasteiger partial charge < -0.3 is 10.1 Å². The highest BCUT2D eigenvalue weighted by Gasteiger charge is 2.56. The number of thiazole rings is 1. The number of hydrogen-bond acceptors (Lipinski definition) is 7. The molecule has 2 aliphatic rings. The van der Waals surface area contributed by atoms with E-state index >= 15 is 0 Å². The minimum absolute atomic E-state index is 0.243. The van der Waals surface area contributed by atoms with Crippen molar-refractivity contribution in [3.8, 4) is 5.75 Å². The number of imide groups is 1. The molecule has 4 aromatic rings. The first-order chi connectivity index (χ1) is 19.7. The van der Waals surface area contributed by atoms with Gasteiger partial charge in [0.1, 0.15) is 17.5 Å². The molecule has 3 atom stereocenters. The fourth-order valence-corrected chi connectivity index (χ4v) is 8.49. The molecule has 41 heavy (non-hydrogen) atoms. The van der Waals surface area contributed by atoms with Crippen molar-refractivity contribution in [1.82, 2.24) is 4.57 Å². The van der Waals surface area contributed by atoms with Crippen LogP contribution < -0.4 is 19.8 Å². The van der Waals surface area contributed by atoms with Crippen molar-refractivity contribution in [2.75, 3.05) is 17.3 Å². The second-order valence-corrected chi connectivity index (χ2v) is 13.0. The number of nitrogens with one attached hydrogen (secondary N) is 1. The van der Waals surface area contributed by atoms with E-state index in [1.54, 1.807) is 55.6 Å². The first-order valence-corrected chi connectivity index (χ1v) is 15.3. The summed E-state index contributed by atoms with van der Waals surface area (Å²) in [6, 6.07) is 20.9. The summed E-state index contributed by atoms with van der Waals surface area (Å²) in [6.07, 6.45) is 0. The van der Waals surface area contributed by atoms with Crippen molar-refractivity contribution < 1.29 is 19.1 Å². The molecule has 1 saturated heterocycles. The summed E-state index contributed by atoms with van der Waals surface area (Å²) < 4.78 is 7.43. The molecular weight excluding hydrogens is 650 g/mol. The number of ether oxygens (including phenoxy) is 1. The van der Waals surface area contributed by atoms with Gasteiger partial charge in [0, 0.05) is 26.0 Å². The third-order valence-electron chi connectivity index (χ3n) is 7.02. The highest BCUT2D eigenvalue weighted by atomic mass is 79.9. The molecule has 8 nitrogen and oxygen atoms in total. The van der Waals surface area contributed by atoms with Gasteiger partial charge in [0.15, 0.2) is 0 Å². The van der Waals surface area contributed by atoms with E-state index in [0.29, 0.717) is 32.1 Å². The highest BCUT2D eigenvalue weighted by molar-refractivity contribution is 9.10. The molecule has 0 bridgehead atoms. The fraction of sp³-hybridized carbons (Fsp3) is 0.172. The zero-order valence-electron chi connectivity index (χ0n) is 21.4. The maximum Gasteiger partial charge on any atom is 0.308 e. The highest BCUT2D eigenvalue weighted by Crippen LogP contribution is 2.54. The Hall–Kier alpha value is -3.38. The molecule has 1 fully saturated rings. The summed E-state index contributed by atoms with van der Waals surface area (Å²) in [5.41, 5.74) is 1.79. The van der Waals surface area contributed by atoms with Crippen LogP contribution in [0.15, 0.2) is 87.1 Å². The third-order valence-corrected chi connectivity index (χ3v) is 10.4. The Bertz CT molecular complexity index is 1740. The van der Waals surface area contributed by atoms with Gasteiger partial charge in [-0.25, -0.2) is 4.90 Å². The average molecular weight is 671 g/mol. The van der Waals surface area contributed by atoms with Crippen LogP contribution >= 0.6 is 50.6 Å². The van der Waals surface area contributed by atoms with Gasteiger partial charge in [-0.2, -0.15) is 0 Å². The number of methoxy groups -OCH3 is 1. The van der Waals surface area contributed by atoms with Gasteiger partial charge in [0.25, 0.3) is 0 Å². The van der Waals surface area contributed by atoms with Gasteiger partial charge >= 0.3 is 4.87 Å². The first-order valence-electron chi connectivity index (χ1n) is 12.5. The number of amides is 3. The molecule has 0 spiro atoms. The van der Waals surface area contributed by atoms with E-state index in [1.165, 1.54) is 21.2 Å². The molecule has 0 saturated carbocycles. The number of halogens is 2. The number of benzene rings is 3. The number of rotatable bonds is 6. The van der Waals surface area contributed by atoms with Crippen LogP contribution in [-0.4, -0.2) is 34.6 Å². The van der Waals surface area contributed by atoms with Crippen molar-refractivity contribution in [1.29, 1.82) is 0 Å². The Morgan fingerprint density at radius 3 is 2.44 bits per heavy atom. The summed E-state index contributed by atoms with van der Waals surface area (Å²) in [4.78, 5) is 55.6. The van der Waals surface area contributed by atoms with Crippen LogP contribution in [0.5, 0.6) is 5.75 Å². The zero-order chi connectivity index (χ0) is 28.8. The summed E-state index contributed by atoms with van der Waals surface area (Å²) in [6.45, 7) is -0.243. The maximum atomic E-state index is 14.0. The predicted molar refractivity (Wildman–Crippen MR) is 163 cm³/mol. The Balaban J connectivity index is 1.40. The average Bonchev–Trinajstić information content (AvgIpc) is 3.40. The van der Waals surface area contributed by atoms with Gasteiger partial charge in [-0.05, 0) is 66.2 Å². The summed E-state index contributed by atoms with van der Waals surface area (Å²) >= 11 is 11.6. The standard InChI is InChI=1S/C29H21BrClN3O5S2/c1-39-20-11-9-19(10-12-20)34-26(36)23-22(15-3-2-4-16(30)13-15)25-28(40-24(23)27(34)37)33(29(38)41-25)14-21(35)32-18-7-5-17(31)6-8-18/h2-13,22-24H,14H2,1H3,(H,32,35)/t22-,23?,24?/m1/s1. The summed E-state index contributed by atoms with van der Waals surface area (Å²) in [5, 5.41) is 3.07. The smallest absolute Gasteiger partial charge is 0.308 e. The monoisotopic (exact) mass is 669 g/mol. The topological polar surface area (TPSA) is 97.7 Å². The predicted octanol–water partition coefficient (Wildman–Crippen LogP) is 5.77. The molecule has 1 N–H and O–H groups in total. The van der Waals surface area contributed by atoms with Crippen LogP contribution in [0.2, 0.25) is 5.02 Å². The van der Waals surface area contributed by atoms with Crippen molar-refractivity contribution >= 4 is 79.7 Å². The third kappa shape index (κ3) is 5.12. The normalized spacial score (nSPS) is 19.6. The Morgan fingerprint density at radius 2 is 1.76 bits per heavy atom. The lowest BCUT2D eigenvalue weighted by Gasteiger charge is -2.30. The van der Waals surface area contributed by atoms with E-state index < -0.39 is 23.0 Å². The van der Waals surface area contributed by atoms with Gasteiger partial charge in [-0.1, -0.05) is 62.8 Å². The molecule has 0 aliphatic carbocycles. The molecule has 6 rings (SSSR count). The van der Waals surface area contributed by atoms with Crippen LogP contribution in [0.3, 0.4) is 0 Å². The molecule has 2 aliphatic heterocycles. The van der Waals surface area contributed by atoms with Crippen molar-refractivity contribution in [3.05, 3.63) is 102 Å². The molecule has 3 amide bonds. The number of nitrogens with zero attached hydrogens (tertiary/aromatic N) is 2. The number of carbonyl (C=O) groups is 3. The first kappa shape index (κ1) is 27.8. The molecule has 3 heterocycles. The number of aromatic nitrogens is 1. The quantitative estimate of drug-likeness (QED) is 0.262. The lowest BCUT2D eigenvalue weighted by Crippen LogP contribution is -2.33. The zero-order valence-corrected chi connectivity index (χ0v) is 25.4. The molecular formula is C29H21BrClN3O5S2. The molecule has 12 heteroatoms. The van der Waals surface area contributed by atoms with Gasteiger partial charge in [-0.15, -0.1) is 0 Å². The van der Waals surface area contributed by atoms with E-state index in [-0.39, 0.29) is 23.2 Å². The van der Waals surface area contributed by atoms with Crippen LogP contribution in [0.25, 0.3) is 0 Å². The van der Waals surface area contributed by atoms with Crippen LogP contribution in [0.4, 0.5) is 11.4 Å². The second kappa shape index (κ2) is 11.1. The largest absolute Gasteiger partial charge is 0.497 e. The van der Waals surface area contributed by atoms with E-state index in [1.807, 2.05) is 24.3 Å². The number of hydrogen-bond donors (Lipinski definition) is 1. The minimum atomic E-state index is -0.777. The summed E-state index contributed by atoms with van der Waals surface area (Å²) in [5.74, 6) is -1.77. The SMILES string of the molecule is COc1ccc(N2C(=O)C3Sc4c(sc(=O)n4CC(=O)Nc4ccc(Cl)cc4)[C@H](c4cccc(Br)c4)C3C2=O)cc1. The summed E-state index contributed by atoms with van der Waals surface area (Å²) in [7, 11) is 1.54. The van der Waals surface area contributed by atoms with Crippen LogP contribution in [0, 0.1) is 5.92 Å². The van der Waals surface area contributed by atoms with Gasteiger partial charge in [0.05, 0.1) is 23.7 Å². The lowest BCUT2D eigenvalue weighted by atomic mass is 9.83. The van der Waals surface area contributed by atoms with Crippen LogP contribution in [0.1, 0.15) is 16.4 Å². The van der Waals surface area contributed by atoms with E-state index in [2.05, 4.69) is 21.2 Å². The Kier molecular flexibility index (Phi) is 7.54. The molecule has 2 unspecified atom stereocenters. The second-order valence-electron chi connectivity index (χ2n) is 9.49. The maximum absolute atomic E-state index is 14.0. The number of carbonyl (C=O) groups excluding carboxylic acids is 3. The molecule has 3 aromatic carbocycles. The molecule has 0 radical (unpaired) electrons. The number of fused-ring (bicyclic) bond motifs is 2. The number of anilines is 2.